The molecule has 1 atom stereocenters. The van der Waals surface area contributed by atoms with Crippen LogP contribution in [0.1, 0.15) is 12.8 Å². The lowest BCUT2D eigenvalue weighted by Gasteiger charge is -2.22. The van der Waals surface area contributed by atoms with Gasteiger partial charge in [0.15, 0.2) is 0 Å². The second-order valence-corrected chi connectivity index (χ2v) is 5.48. The van der Waals surface area contributed by atoms with E-state index in [0.717, 1.165) is 30.4 Å². The minimum absolute atomic E-state index is 0.0391. The topological polar surface area (TPSA) is 41.1 Å². The molecule has 1 aromatic carbocycles. The summed E-state index contributed by atoms with van der Waals surface area (Å²) in [4.78, 5) is 12.0. The number of halogens is 2. The Labute approximate surface area is 114 Å². The first-order chi connectivity index (χ1) is 8.16. The number of rotatable bonds is 2. The summed E-state index contributed by atoms with van der Waals surface area (Å²) in [7, 11) is 0. The van der Waals surface area contributed by atoms with Gasteiger partial charge in [0, 0.05) is 11.0 Å². The third kappa shape index (κ3) is 3.44. The van der Waals surface area contributed by atoms with E-state index in [0.29, 0.717) is 10.7 Å². The monoisotopic (exact) mass is 316 g/mol. The molecule has 0 radical (unpaired) electrons. The van der Waals surface area contributed by atoms with Gasteiger partial charge in [0.2, 0.25) is 5.91 Å². The Morgan fingerprint density at radius 2 is 2.35 bits per heavy atom. The molecular weight excluding hydrogens is 304 g/mol. The number of piperidine rings is 1. The van der Waals surface area contributed by atoms with Crippen molar-refractivity contribution in [1.29, 1.82) is 0 Å². The van der Waals surface area contributed by atoms with E-state index in [1.165, 1.54) is 0 Å². The summed E-state index contributed by atoms with van der Waals surface area (Å²) >= 11 is 9.39. The smallest absolute Gasteiger partial charge is 0.228 e. The van der Waals surface area contributed by atoms with E-state index in [-0.39, 0.29) is 11.8 Å². The minimum atomic E-state index is 0.0391. The number of nitrogens with one attached hydrogen (secondary N) is 2. The van der Waals surface area contributed by atoms with Gasteiger partial charge in [-0.05, 0) is 37.6 Å². The highest BCUT2D eigenvalue weighted by Crippen LogP contribution is 2.26. The summed E-state index contributed by atoms with van der Waals surface area (Å²) in [6.45, 7) is 1.75. The van der Waals surface area contributed by atoms with E-state index < -0.39 is 0 Å². The van der Waals surface area contributed by atoms with Gasteiger partial charge in [0.1, 0.15) is 0 Å². The van der Waals surface area contributed by atoms with Crippen molar-refractivity contribution in [3.8, 4) is 0 Å². The van der Waals surface area contributed by atoms with Crippen LogP contribution in [0, 0.1) is 5.92 Å². The van der Waals surface area contributed by atoms with Gasteiger partial charge in [-0.25, -0.2) is 0 Å². The summed E-state index contributed by atoms with van der Waals surface area (Å²) in [6, 6.07) is 5.43. The predicted molar refractivity (Wildman–Crippen MR) is 73.4 cm³/mol. The van der Waals surface area contributed by atoms with Crippen LogP contribution in [0.15, 0.2) is 22.7 Å². The Hall–Kier alpha value is -0.580. The van der Waals surface area contributed by atoms with E-state index in [1.54, 1.807) is 6.07 Å². The highest BCUT2D eigenvalue weighted by atomic mass is 79.9. The first-order valence-electron chi connectivity index (χ1n) is 5.63. The van der Waals surface area contributed by atoms with Gasteiger partial charge < -0.3 is 10.6 Å². The van der Waals surface area contributed by atoms with Gasteiger partial charge in [0.05, 0.1) is 16.6 Å². The average Bonchev–Trinajstić information content (AvgIpc) is 2.35. The fraction of sp³-hybridized carbons (Fsp3) is 0.417. The normalized spacial score (nSPS) is 20.0. The number of hydrogen-bond acceptors (Lipinski definition) is 2. The molecule has 17 heavy (non-hydrogen) atoms. The molecular formula is C12H14BrClN2O. The van der Waals surface area contributed by atoms with Crippen molar-refractivity contribution in [1.82, 2.24) is 5.32 Å². The van der Waals surface area contributed by atoms with Crippen molar-refractivity contribution in [2.24, 2.45) is 5.92 Å². The van der Waals surface area contributed by atoms with Crippen LogP contribution in [0.4, 0.5) is 5.69 Å². The molecule has 0 bridgehead atoms. The maximum Gasteiger partial charge on any atom is 0.228 e. The highest BCUT2D eigenvalue weighted by Gasteiger charge is 2.21. The quantitative estimate of drug-likeness (QED) is 0.880. The number of amides is 1. The highest BCUT2D eigenvalue weighted by molar-refractivity contribution is 9.10. The molecule has 1 aliphatic heterocycles. The van der Waals surface area contributed by atoms with E-state index >= 15 is 0 Å². The van der Waals surface area contributed by atoms with Gasteiger partial charge in [0.25, 0.3) is 0 Å². The Morgan fingerprint density at radius 1 is 1.53 bits per heavy atom. The number of hydrogen-bond donors (Lipinski definition) is 2. The Kier molecular flexibility index (Phi) is 4.42. The summed E-state index contributed by atoms with van der Waals surface area (Å²) in [5.41, 5.74) is 0.664. The molecule has 1 aromatic rings. The molecule has 2 N–H and O–H groups in total. The molecule has 0 saturated carbocycles. The van der Waals surface area contributed by atoms with Crippen LogP contribution in [-0.4, -0.2) is 19.0 Å². The van der Waals surface area contributed by atoms with Crippen LogP contribution in [0.3, 0.4) is 0 Å². The average molecular weight is 318 g/mol. The van der Waals surface area contributed by atoms with Crippen LogP contribution in [-0.2, 0) is 4.79 Å². The second-order valence-electron chi connectivity index (χ2n) is 4.16. The number of anilines is 1. The van der Waals surface area contributed by atoms with Crippen LogP contribution in [0.5, 0.6) is 0 Å². The van der Waals surface area contributed by atoms with E-state index in [1.807, 2.05) is 12.1 Å². The molecule has 5 heteroatoms. The lowest BCUT2D eigenvalue weighted by atomic mass is 9.99. The predicted octanol–water partition coefficient (Wildman–Crippen LogP) is 3.04. The van der Waals surface area contributed by atoms with Crippen molar-refractivity contribution in [2.45, 2.75) is 12.8 Å². The standard InChI is InChI=1S/C12H14BrClN2O/c13-9-3-4-10(14)11(6-9)16-12(17)8-2-1-5-15-7-8/h3-4,6,8,15H,1-2,5,7H2,(H,16,17)/t8-/m0/s1. The summed E-state index contributed by atoms with van der Waals surface area (Å²) in [5.74, 6) is 0.0796. The largest absolute Gasteiger partial charge is 0.324 e. The molecule has 0 aliphatic carbocycles. The summed E-state index contributed by atoms with van der Waals surface area (Å²) < 4.78 is 0.902. The van der Waals surface area contributed by atoms with Gasteiger partial charge in [-0.1, -0.05) is 27.5 Å². The van der Waals surface area contributed by atoms with Gasteiger partial charge in [-0.3, -0.25) is 4.79 Å². The number of benzene rings is 1. The van der Waals surface area contributed by atoms with Crippen molar-refractivity contribution in [2.75, 3.05) is 18.4 Å². The molecule has 1 saturated heterocycles. The molecule has 1 heterocycles. The first kappa shape index (κ1) is 12.9. The van der Waals surface area contributed by atoms with Crippen molar-refractivity contribution in [3.63, 3.8) is 0 Å². The Balaban J connectivity index is 2.04. The molecule has 0 aromatic heterocycles. The van der Waals surface area contributed by atoms with Gasteiger partial charge in [-0.2, -0.15) is 0 Å². The molecule has 1 fully saturated rings. The van der Waals surface area contributed by atoms with Crippen LogP contribution >= 0.6 is 27.5 Å². The molecule has 3 nitrogen and oxygen atoms in total. The lowest BCUT2D eigenvalue weighted by Crippen LogP contribution is -2.37. The third-order valence-corrected chi connectivity index (χ3v) is 3.68. The summed E-state index contributed by atoms with van der Waals surface area (Å²) in [6.07, 6.45) is 1.98. The van der Waals surface area contributed by atoms with E-state index in [9.17, 15) is 4.79 Å². The maximum atomic E-state index is 12.0. The molecule has 2 rings (SSSR count). The van der Waals surface area contributed by atoms with Crippen molar-refractivity contribution < 1.29 is 4.79 Å². The van der Waals surface area contributed by atoms with Gasteiger partial charge in [-0.15, -0.1) is 0 Å². The van der Waals surface area contributed by atoms with Gasteiger partial charge >= 0.3 is 0 Å². The van der Waals surface area contributed by atoms with Crippen LogP contribution in [0.25, 0.3) is 0 Å². The zero-order chi connectivity index (χ0) is 12.3. The lowest BCUT2D eigenvalue weighted by molar-refractivity contribution is -0.120. The van der Waals surface area contributed by atoms with E-state index in [4.69, 9.17) is 11.6 Å². The van der Waals surface area contributed by atoms with E-state index in [2.05, 4.69) is 26.6 Å². The maximum absolute atomic E-state index is 12.0. The fourth-order valence-corrected chi connectivity index (χ4v) is 2.43. The third-order valence-electron chi connectivity index (χ3n) is 2.85. The minimum Gasteiger partial charge on any atom is -0.324 e. The molecule has 92 valence electrons. The van der Waals surface area contributed by atoms with Crippen LogP contribution in [0.2, 0.25) is 5.02 Å². The zero-order valence-electron chi connectivity index (χ0n) is 9.30. The molecule has 0 unspecified atom stereocenters. The van der Waals surface area contributed by atoms with Crippen molar-refractivity contribution in [3.05, 3.63) is 27.7 Å². The second kappa shape index (κ2) is 5.85. The summed E-state index contributed by atoms with van der Waals surface area (Å²) in [5, 5.41) is 6.66. The molecule has 0 spiro atoms. The molecule has 1 amide bonds. The first-order valence-corrected chi connectivity index (χ1v) is 6.80. The molecule has 1 aliphatic rings. The number of carbonyl (C=O) groups is 1. The zero-order valence-corrected chi connectivity index (χ0v) is 11.6. The SMILES string of the molecule is O=C(Nc1cc(Br)ccc1Cl)[C@H]1CCCNC1. The van der Waals surface area contributed by atoms with Crippen molar-refractivity contribution >= 4 is 39.1 Å². The number of carbonyl (C=O) groups excluding carboxylic acids is 1. The Bertz CT molecular complexity index is 419. The fourth-order valence-electron chi connectivity index (χ4n) is 1.90. The Morgan fingerprint density at radius 3 is 3.06 bits per heavy atom. The van der Waals surface area contributed by atoms with Crippen LogP contribution < -0.4 is 10.6 Å².